The van der Waals surface area contributed by atoms with Gasteiger partial charge < -0.3 is 24.1 Å². The molecule has 0 radical (unpaired) electrons. The summed E-state index contributed by atoms with van der Waals surface area (Å²) in [5, 5.41) is 11.1. The predicted molar refractivity (Wildman–Crippen MR) is 134 cm³/mol. The first kappa shape index (κ1) is 25.1. The van der Waals surface area contributed by atoms with Crippen LogP contribution in [-0.4, -0.2) is 49.1 Å². The van der Waals surface area contributed by atoms with E-state index in [4.69, 9.17) is 14.2 Å². The molecule has 0 unspecified atom stereocenters. The summed E-state index contributed by atoms with van der Waals surface area (Å²) in [5.74, 6) is 1.28. The lowest BCUT2D eigenvalue weighted by Gasteiger charge is -2.58. The molecule has 1 N–H and O–H groups in total. The number of ether oxygens (including phenoxy) is 3. The van der Waals surface area contributed by atoms with Gasteiger partial charge in [-0.1, -0.05) is 52.2 Å². The molecule has 4 aliphatic carbocycles. The zero-order valence-corrected chi connectivity index (χ0v) is 22.6. The van der Waals surface area contributed by atoms with Gasteiger partial charge >= 0.3 is 5.97 Å². The summed E-state index contributed by atoms with van der Waals surface area (Å²) in [6.07, 6.45) is 8.44. The summed E-state index contributed by atoms with van der Waals surface area (Å²) in [6.45, 7) is 11.9. The summed E-state index contributed by atoms with van der Waals surface area (Å²) in [7, 11) is 0. The van der Waals surface area contributed by atoms with Gasteiger partial charge in [-0.05, 0) is 67.6 Å². The molecule has 6 nitrogen and oxygen atoms in total. The number of hydrogen-bond donors (Lipinski definition) is 1. The van der Waals surface area contributed by atoms with E-state index in [2.05, 4.69) is 40.7 Å². The highest BCUT2D eigenvalue weighted by molar-refractivity contribution is 5.90. The number of rotatable bonds is 7. The Kier molecular flexibility index (Phi) is 5.83. The smallest absolute Gasteiger partial charge is 0.315 e. The van der Waals surface area contributed by atoms with E-state index in [1.807, 2.05) is 0 Å². The van der Waals surface area contributed by atoms with Crippen LogP contribution in [0.2, 0.25) is 0 Å². The van der Waals surface area contributed by atoms with Crippen LogP contribution in [0.3, 0.4) is 0 Å². The molecule has 5 fully saturated rings. The van der Waals surface area contributed by atoms with E-state index in [1.165, 1.54) is 0 Å². The van der Waals surface area contributed by atoms with Gasteiger partial charge in [0, 0.05) is 11.8 Å². The number of aldehydes is 1. The highest BCUT2D eigenvalue weighted by Gasteiger charge is 2.84. The second-order valence-corrected chi connectivity index (χ2v) is 13.4. The van der Waals surface area contributed by atoms with Crippen molar-refractivity contribution in [2.24, 2.45) is 57.7 Å². The number of carbonyl (C=O) groups is 2. The number of carboxylic acids is 1. The number of aliphatic carboxylic acids is 1. The molecule has 36 heavy (non-hydrogen) atoms. The lowest BCUT2D eigenvalue weighted by Crippen LogP contribution is -2.63. The Balaban J connectivity index is 1.37. The van der Waals surface area contributed by atoms with Crippen molar-refractivity contribution in [1.82, 2.24) is 0 Å². The standard InChI is InChI=1S/C30H44O6/c1-6-19-13-34-26-18(5)36-25(10-21(19)26)35-15-29-12-22-17(4)7-8-23(22)28(14-31)11-20(29)9-24(16(2)3)30(28,29)27(32)33/h9,14,16-23,25-26H,6-8,10-13,15H2,1-5H3,(H,32,33)/t17-,18-,19-,20+,21-,22-,23-,25-,26-,28+,29+,30+/m1/s1. The molecule has 2 saturated heterocycles. The minimum atomic E-state index is -1.18. The van der Waals surface area contributed by atoms with Crippen molar-refractivity contribution in [3.8, 4) is 0 Å². The van der Waals surface area contributed by atoms with Crippen LogP contribution in [0, 0.1) is 57.7 Å². The van der Waals surface area contributed by atoms with Crippen LogP contribution in [0.4, 0.5) is 0 Å². The molecule has 6 aliphatic rings. The molecule has 0 aromatic rings. The SMILES string of the molecule is CC[C@@H]1CO[C@H]2[C@@H]1C[C@H](OC[C@@]13C[C@@H]4[C@H](C)CC[C@H]4[C@@]4(C=O)C[C@@H]1C=C(C(C)C)[C@@]34C(=O)O)O[C@@H]2C. The van der Waals surface area contributed by atoms with Crippen LogP contribution in [0.15, 0.2) is 11.6 Å². The maximum Gasteiger partial charge on any atom is 0.315 e. The first-order valence-corrected chi connectivity index (χ1v) is 14.5. The molecule has 0 spiro atoms. The molecule has 200 valence electrons. The Hall–Kier alpha value is -1.24. The van der Waals surface area contributed by atoms with Crippen molar-refractivity contribution in [2.45, 2.75) is 91.6 Å². The van der Waals surface area contributed by atoms with Crippen molar-refractivity contribution in [3.63, 3.8) is 0 Å². The first-order valence-electron chi connectivity index (χ1n) is 14.5. The van der Waals surface area contributed by atoms with Gasteiger partial charge in [0.05, 0.1) is 30.8 Å². The Morgan fingerprint density at radius 1 is 1.25 bits per heavy atom. The average molecular weight is 501 g/mol. The highest BCUT2D eigenvalue weighted by Crippen LogP contribution is 2.82. The van der Waals surface area contributed by atoms with Crippen LogP contribution in [0.5, 0.6) is 0 Å². The van der Waals surface area contributed by atoms with Gasteiger partial charge in [-0.25, -0.2) is 0 Å². The van der Waals surface area contributed by atoms with Gasteiger partial charge in [-0.2, -0.15) is 0 Å². The maximum atomic E-state index is 13.6. The van der Waals surface area contributed by atoms with Crippen LogP contribution < -0.4 is 0 Å². The van der Waals surface area contributed by atoms with Crippen molar-refractivity contribution >= 4 is 12.3 Å². The molecule has 12 atom stereocenters. The summed E-state index contributed by atoms with van der Waals surface area (Å²) < 4.78 is 19.1. The second kappa shape index (κ2) is 8.38. The molecule has 0 aromatic carbocycles. The van der Waals surface area contributed by atoms with Gasteiger partial charge in [0.1, 0.15) is 11.7 Å². The fraction of sp³-hybridized carbons (Fsp3) is 0.867. The number of fused-ring (bicyclic) bond motifs is 3. The largest absolute Gasteiger partial charge is 0.481 e. The third kappa shape index (κ3) is 2.85. The molecule has 0 aromatic heterocycles. The average Bonchev–Trinajstić information content (AvgIpc) is 3.55. The number of carbonyl (C=O) groups excluding carboxylic acids is 1. The van der Waals surface area contributed by atoms with Gasteiger partial charge in [-0.15, -0.1) is 0 Å². The van der Waals surface area contributed by atoms with Crippen LogP contribution in [-0.2, 0) is 23.8 Å². The second-order valence-electron chi connectivity index (χ2n) is 13.4. The van der Waals surface area contributed by atoms with Gasteiger partial charge in [0.25, 0.3) is 0 Å². The van der Waals surface area contributed by atoms with Crippen molar-refractivity contribution in [1.29, 1.82) is 0 Å². The third-order valence-corrected chi connectivity index (χ3v) is 12.0. The van der Waals surface area contributed by atoms with Crippen LogP contribution in [0.1, 0.15) is 73.1 Å². The maximum absolute atomic E-state index is 13.6. The van der Waals surface area contributed by atoms with Crippen molar-refractivity contribution in [3.05, 3.63) is 11.6 Å². The molecule has 6 rings (SSSR count). The Bertz CT molecular complexity index is 959. The molecule has 0 amide bonds. The first-order chi connectivity index (χ1) is 17.2. The fourth-order valence-electron chi connectivity index (χ4n) is 10.6. The number of carboxylic acid groups (broad SMARTS) is 1. The van der Waals surface area contributed by atoms with Crippen molar-refractivity contribution < 1.29 is 28.9 Å². The molecule has 2 aliphatic heterocycles. The Labute approximate surface area is 215 Å². The molecule has 6 heteroatoms. The fourth-order valence-corrected chi connectivity index (χ4v) is 10.6. The van der Waals surface area contributed by atoms with Gasteiger partial charge in [0.2, 0.25) is 0 Å². The summed E-state index contributed by atoms with van der Waals surface area (Å²) in [4.78, 5) is 26.8. The van der Waals surface area contributed by atoms with Crippen LogP contribution >= 0.6 is 0 Å². The summed E-state index contributed by atoms with van der Waals surface area (Å²) >= 11 is 0. The molecule has 2 heterocycles. The summed E-state index contributed by atoms with van der Waals surface area (Å²) in [6, 6.07) is 0. The summed E-state index contributed by atoms with van der Waals surface area (Å²) in [5.41, 5.74) is -1.66. The van der Waals surface area contributed by atoms with E-state index in [-0.39, 0.29) is 36.3 Å². The Morgan fingerprint density at radius 3 is 2.69 bits per heavy atom. The van der Waals surface area contributed by atoms with E-state index in [9.17, 15) is 14.7 Å². The van der Waals surface area contributed by atoms with E-state index in [0.29, 0.717) is 36.7 Å². The lowest BCUT2D eigenvalue weighted by molar-refractivity contribution is -0.251. The van der Waals surface area contributed by atoms with Crippen LogP contribution in [0.25, 0.3) is 0 Å². The minimum absolute atomic E-state index is 0.0412. The molecular formula is C30H44O6. The van der Waals surface area contributed by atoms with Gasteiger partial charge in [-0.3, -0.25) is 4.79 Å². The Morgan fingerprint density at radius 2 is 2.03 bits per heavy atom. The van der Waals surface area contributed by atoms with E-state index >= 15 is 0 Å². The van der Waals surface area contributed by atoms with E-state index < -0.39 is 22.2 Å². The minimum Gasteiger partial charge on any atom is -0.481 e. The van der Waals surface area contributed by atoms with E-state index in [1.54, 1.807) is 0 Å². The number of allylic oxidation sites excluding steroid dienone is 1. The third-order valence-electron chi connectivity index (χ3n) is 12.0. The predicted octanol–water partition coefficient (Wildman–Crippen LogP) is 5.10. The van der Waals surface area contributed by atoms with Crippen molar-refractivity contribution in [2.75, 3.05) is 13.2 Å². The zero-order chi connectivity index (χ0) is 25.6. The zero-order valence-electron chi connectivity index (χ0n) is 22.6. The highest BCUT2D eigenvalue weighted by atomic mass is 16.7. The monoisotopic (exact) mass is 500 g/mol. The topological polar surface area (TPSA) is 82.1 Å². The normalized spacial score (nSPS) is 52.8. The number of hydrogen-bond acceptors (Lipinski definition) is 5. The van der Waals surface area contributed by atoms with E-state index in [0.717, 1.165) is 50.6 Å². The molecule has 3 saturated carbocycles. The molecule has 4 bridgehead atoms. The lowest BCUT2D eigenvalue weighted by atomic mass is 9.43. The molecular weight excluding hydrogens is 456 g/mol. The van der Waals surface area contributed by atoms with Gasteiger partial charge in [0.15, 0.2) is 6.29 Å². The quantitative estimate of drug-likeness (QED) is 0.387.